The van der Waals surface area contributed by atoms with Crippen molar-refractivity contribution in [3.63, 3.8) is 0 Å². The summed E-state index contributed by atoms with van der Waals surface area (Å²) >= 11 is 6.37. The summed E-state index contributed by atoms with van der Waals surface area (Å²) in [4.78, 5) is 2.49. The van der Waals surface area contributed by atoms with E-state index in [4.69, 9.17) is 17.3 Å². The van der Waals surface area contributed by atoms with Gasteiger partial charge in [0.05, 0.1) is 0 Å². The molecular weight excluding hydrogens is 256 g/mol. The average Bonchev–Trinajstić information content (AvgIpc) is 2.26. The Hall–Kier alpha value is -0.730. The van der Waals surface area contributed by atoms with E-state index >= 15 is 0 Å². The van der Waals surface area contributed by atoms with Crippen LogP contribution in [-0.4, -0.2) is 11.6 Å². The second-order valence-electron chi connectivity index (χ2n) is 6.59. The Morgan fingerprint density at radius 2 is 2.05 bits per heavy atom. The molecule has 1 aromatic carbocycles. The minimum Gasteiger partial charge on any atom is -0.364 e. The Bertz CT molecular complexity index is 480. The molecule has 0 aliphatic carbocycles. The summed E-state index contributed by atoms with van der Waals surface area (Å²) in [5.41, 5.74) is 9.66. The van der Waals surface area contributed by atoms with Crippen molar-refractivity contribution in [1.82, 2.24) is 0 Å². The summed E-state index contributed by atoms with van der Waals surface area (Å²) in [6.45, 7) is 11.9. The Balaban J connectivity index is 2.62. The van der Waals surface area contributed by atoms with E-state index in [1.807, 2.05) is 0 Å². The lowest BCUT2D eigenvalue weighted by Crippen LogP contribution is -2.51. The maximum absolute atomic E-state index is 6.37. The fourth-order valence-electron chi connectivity index (χ4n) is 3.65. The molecule has 1 heterocycles. The first-order chi connectivity index (χ1) is 8.77. The van der Waals surface area contributed by atoms with E-state index in [-0.39, 0.29) is 5.54 Å². The van der Waals surface area contributed by atoms with Crippen LogP contribution in [0.1, 0.15) is 58.1 Å². The average molecular weight is 281 g/mol. The molecule has 0 aromatic heterocycles. The van der Waals surface area contributed by atoms with Crippen molar-refractivity contribution in [2.45, 2.75) is 65.1 Å². The molecule has 0 radical (unpaired) electrons. The van der Waals surface area contributed by atoms with Crippen LogP contribution in [0, 0.1) is 0 Å². The van der Waals surface area contributed by atoms with Crippen LogP contribution in [-0.2, 0) is 6.54 Å². The van der Waals surface area contributed by atoms with Crippen molar-refractivity contribution in [3.05, 3.63) is 28.3 Å². The molecule has 0 saturated heterocycles. The molecule has 0 amide bonds. The van der Waals surface area contributed by atoms with E-state index in [1.54, 1.807) is 0 Å². The summed E-state index contributed by atoms with van der Waals surface area (Å²) in [6.07, 6.45) is 1.16. The van der Waals surface area contributed by atoms with E-state index in [1.165, 1.54) is 11.3 Å². The van der Waals surface area contributed by atoms with Crippen LogP contribution in [0.5, 0.6) is 0 Å². The maximum atomic E-state index is 6.37. The van der Waals surface area contributed by atoms with Crippen LogP contribution < -0.4 is 10.6 Å². The third-order valence-corrected chi connectivity index (χ3v) is 4.53. The van der Waals surface area contributed by atoms with Crippen LogP contribution in [0.3, 0.4) is 0 Å². The minimum absolute atomic E-state index is 0.161. The summed E-state index contributed by atoms with van der Waals surface area (Å²) in [6, 6.07) is 4.77. The van der Waals surface area contributed by atoms with Gasteiger partial charge in [0.1, 0.15) is 0 Å². The predicted octanol–water partition coefficient (Wildman–Crippen LogP) is 4.30. The lowest BCUT2D eigenvalue weighted by atomic mass is 9.79. The first kappa shape index (κ1) is 14.7. The molecule has 1 aliphatic rings. The van der Waals surface area contributed by atoms with Gasteiger partial charge in [-0.25, -0.2) is 0 Å². The Morgan fingerprint density at radius 1 is 1.42 bits per heavy atom. The van der Waals surface area contributed by atoms with Crippen molar-refractivity contribution >= 4 is 17.3 Å². The second kappa shape index (κ2) is 4.99. The molecule has 2 rings (SSSR count). The highest BCUT2D eigenvalue weighted by atomic mass is 35.5. The van der Waals surface area contributed by atoms with Gasteiger partial charge < -0.3 is 10.6 Å². The van der Waals surface area contributed by atoms with Crippen molar-refractivity contribution in [1.29, 1.82) is 0 Å². The number of hydrogen-bond donors (Lipinski definition) is 1. The number of anilines is 1. The highest BCUT2D eigenvalue weighted by molar-refractivity contribution is 6.31. The maximum Gasteiger partial charge on any atom is 0.0471 e. The minimum atomic E-state index is 0.161. The molecule has 0 spiro atoms. The van der Waals surface area contributed by atoms with Crippen molar-refractivity contribution in [2.24, 2.45) is 5.73 Å². The Labute approximate surface area is 121 Å². The zero-order chi connectivity index (χ0) is 14.4. The number of fused-ring (bicyclic) bond motifs is 1. The van der Waals surface area contributed by atoms with Gasteiger partial charge in [-0.2, -0.15) is 0 Å². The first-order valence-corrected chi connectivity index (χ1v) is 7.47. The zero-order valence-electron chi connectivity index (χ0n) is 12.6. The number of halogens is 1. The van der Waals surface area contributed by atoms with Gasteiger partial charge in [-0.3, -0.25) is 0 Å². The van der Waals surface area contributed by atoms with Crippen LogP contribution in [0.15, 0.2) is 12.1 Å². The van der Waals surface area contributed by atoms with E-state index < -0.39 is 0 Å². The van der Waals surface area contributed by atoms with Gasteiger partial charge in [-0.05, 0) is 57.2 Å². The second-order valence-corrected chi connectivity index (χ2v) is 7.00. The number of nitrogens with zero attached hydrogens (tertiary/aromatic N) is 1. The fraction of sp³-hybridized carbons (Fsp3) is 0.625. The van der Waals surface area contributed by atoms with Gasteiger partial charge in [0.15, 0.2) is 0 Å². The lowest BCUT2D eigenvalue weighted by molar-refractivity contribution is 0.356. The highest BCUT2D eigenvalue weighted by Crippen LogP contribution is 2.46. The summed E-state index contributed by atoms with van der Waals surface area (Å²) < 4.78 is 0. The quantitative estimate of drug-likeness (QED) is 0.875. The van der Waals surface area contributed by atoms with E-state index in [0.717, 1.165) is 17.0 Å². The standard InChI is InChI=1S/C16H25ClN2/c1-10(2)19-15-7-14(17)12(9-18)6-13(15)11(3)8-16(19,4)5/h6-7,10-11H,8-9,18H2,1-5H3. The molecule has 19 heavy (non-hydrogen) atoms. The first-order valence-electron chi connectivity index (χ1n) is 7.09. The van der Waals surface area contributed by atoms with Gasteiger partial charge >= 0.3 is 0 Å². The van der Waals surface area contributed by atoms with Crippen LogP contribution in [0.4, 0.5) is 5.69 Å². The molecule has 0 saturated carbocycles. The SMILES string of the molecule is CC1CC(C)(C)N(C(C)C)c2cc(Cl)c(CN)cc21. The third kappa shape index (κ3) is 2.48. The molecule has 3 heteroatoms. The summed E-state index contributed by atoms with van der Waals surface area (Å²) in [5, 5.41) is 0.789. The van der Waals surface area contributed by atoms with E-state index in [0.29, 0.717) is 18.5 Å². The van der Waals surface area contributed by atoms with Crippen molar-refractivity contribution in [2.75, 3.05) is 4.90 Å². The predicted molar refractivity (Wildman–Crippen MR) is 84.1 cm³/mol. The summed E-state index contributed by atoms with van der Waals surface area (Å²) in [5.74, 6) is 0.544. The smallest absolute Gasteiger partial charge is 0.0471 e. The van der Waals surface area contributed by atoms with Gasteiger partial charge in [-0.1, -0.05) is 24.6 Å². The fourth-order valence-corrected chi connectivity index (χ4v) is 3.88. The number of rotatable bonds is 2. The monoisotopic (exact) mass is 280 g/mol. The Morgan fingerprint density at radius 3 is 2.58 bits per heavy atom. The summed E-state index contributed by atoms with van der Waals surface area (Å²) in [7, 11) is 0. The number of hydrogen-bond acceptors (Lipinski definition) is 2. The molecule has 106 valence electrons. The topological polar surface area (TPSA) is 29.3 Å². The molecule has 2 nitrogen and oxygen atoms in total. The largest absolute Gasteiger partial charge is 0.364 e. The van der Waals surface area contributed by atoms with E-state index in [9.17, 15) is 0 Å². The Kier molecular flexibility index (Phi) is 3.85. The normalized spacial score (nSPS) is 21.7. The van der Waals surface area contributed by atoms with Gasteiger partial charge in [0, 0.05) is 28.8 Å². The number of benzene rings is 1. The van der Waals surface area contributed by atoms with Crippen molar-refractivity contribution in [3.8, 4) is 0 Å². The number of nitrogens with two attached hydrogens (primary N) is 1. The lowest BCUT2D eigenvalue weighted by Gasteiger charge is -2.50. The highest BCUT2D eigenvalue weighted by Gasteiger charge is 2.37. The molecule has 1 aliphatic heterocycles. The molecule has 1 aromatic rings. The van der Waals surface area contributed by atoms with Gasteiger partial charge in [0.2, 0.25) is 0 Å². The zero-order valence-corrected chi connectivity index (χ0v) is 13.4. The molecule has 0 bridgehead atoms. The van der Waals surface area contributed by atoms with Gasteiger partial charge in [-0.15, -0.1) is 0 Å². The molecular formula is C16H25ClN2. The molecule has 0 fully saturated rings. The van der Waals surface area contributed by atoms with Crippen LogP contribution in [0.25, 0.3) is 0 Å². The van der Waals surface area contributed by atoms with Gasteiger partial charge in [0.25, 0.3) is 0 Å². The molecule has 1 atom stereocenters. The van der Waals surface area contributed by atoms with E-state index in [2.05, 4.69) is 51.7 Å². The van der Waals surface area contributed by atoms with Crippen molar-refractivity contribution < 1.29 is 0 Å². The molecule has 2 N–H and O–H groups in total. The van der Waals surface area contributed by atoms with Crippen LogP contribution in [0.2, 0.25) is 5.02 Å². The molecule has 1 unspecified atom stereocenters. The third-order valence-electron chi connectivity index (χ3n) is 4.18. The van der Waals surface area contributed by atoms with Crippen LogP contribution >= 0.6 is 11.6 Å².